The van der Waals surface area contributed by atoms with Crippen LogP contribution >= 0.6 is 0 Å². The summed E-state index contributed by atoms with van der Waals surface area (Å²) in [6.07, 6.45) is 3.67. The second-order valence-electron chi connectivity index (χ2n) is 4.78. The number of rotatable bonds is 3. The number of amides is 1. The Balaban J connectivity index is 1.64. The predicted molar refractivity (Wildman–Crippen MR) is 74.0 cm³/mol. The first-order valence-corrected chi connectivity index (χ1v) is 6.65. The maximum absolute atomic E-state index is 12.3. The molecule has 1 saturated heterocycles. The van der Waals surface area contributed by atoms with E-state index in [9.17, 15) is 9.59 Å². The Labute approximate surface area is 120 Å². The fraction of sp³-hybridized carbons (Fsp3) is 0.286. The number of aromatic amines is 1. The van der Waals surface area contributed by atoms with Gasteiger partial charge in [-0.2, -0.15) is 5.10 Å². The monoisotopic (exact) mass is 286 g/mol. The third-order valence-corrected chi connectivity index (χ3v) is 3.29. The lowest BCUT2D eigenvalue weighted by Crippen LogP contribution is -2.31. The van der Waals surface area contributed by atoms with Crippen LogP contribution in [0.2, 0.25) is 0 Å². The van der Waals surface area contributed by atoms with Gasteiger partial charge in [0.1, 0.15) is 6.10 Å². The third-order valence-electron chi connectivity index (χ3n) is 3.29. The number of ether oxygens (including phenoxy) is 1. The van der Waals surface area contributed by atoms with E-state index in [4.69, 9.17) is 4.74 Å². The van der Waals surface area contributed by atoms with Crippen molar-refractivity contribution in [3.05, 3.63) is 52.6 Å². The lowest BCUT2D eigenvalue weighted by Gasteiger charge is -2.16. The van der Waals surface area contributed by atoms with E-state index in [1.807, 2.05) is 0 Å². The Hall–Kier alpha value is -2.70. The molecule has 7 nitrogen and oxygen atoms in total. The number of hydrogen-bond acceptors (Lipinski definition) is 5. The smallest absolute Gasteiger partial charge is 0.254 e. The maximum Gasteiger partial charge on any atom is 0.254 e. The van der Waals surface area contributed by atoms with E-state index in [1.165, 1.54) is 12.3 Å². The van der Waals surface area contributed by atoms with E-state index in [0.29, 0.717) is 24.5 Å². The molecule has 7 heteroatoms. The van der Waals surface area contributed by atoms with Crippen molar-refractivity contribution in [2.24, 2.45) is 0 Å². The number of carbonyl (C=O) groups is 1. The van der Waals surface area contributed by atoms with Crippen LogP contribution in [0.25, 0.3) is 0 Å². The maximum atomic E-state index is 12.3. The first kappa shape index (κ1) is 13.3. The van der Waals surface area contributed by atoms with Crippen molar-refractivity contribution in [2.75, 3.05) is 13.1 Å². The van der Waals surface area contributed by atoms with Gasteiger partial charge >= 0.3 is 0 Å². The second-order valence-corrected chi connectivity index (χ2v) is 4.78. The van der Waals surface area contributed by atoms with Crippen molar-refractivity contribution < 1.29 is 9.53 Å². The SMILES string of the molecule is O=C(c1cc[nH]c(=O)c1)N1CCC(Oc2cccnn2)C1. The molecule has 1 aliphatic rings. The molecule has 2 aromatic rings. The Morgan fingerprint density at radius 3 is 3.10 bits per heavy atom. The van der Waals surface area contributed by atoms with Crippen LogP contribution in [-0.4, -0.2) is 45.2 Å². The van der Waals surface area contributed by atoms with E-state index < -0.39 is 0 Å². The summed E-state index contributed by atoms with van der Waals surface area (Å²) in [7, 11) is 0. The molecule has 108 valence electrons. The number of likely N-dealkylation sites (tertiary alicyclic amines) is 1. The number of hydrogen-bond donors (Lipinski definition) is 1. The van der Waals surface area contributed by atoms with Gasteiger partial charge in [0.05, 0.1) is 6.54 Å². The van der Waals surface area contributed by atoms with Gasteiger partial charge in [0.15, 0.2) is 0 Å². The molecule has 0 radical (unpaired) electrons. The molecular formula is C14H14N4O3. The second kappa shape index (κ2) is 5.74. The standard InChI is InChI=1S/C14H14N4O3/c19-12-8-10(3-6-15-12)14(20)18-7-4-11(9-18)21-13-2-1-5-16-17-13/h1-3,5-6,8,11H,4,7,9H2,(H,15,19). The summed E-state index contributed by atoms with van der Waals surface area (Å²) in [4.78, 5) is 27.7. The van der Waals surface area contributed by atoms with Crippen LogP contribution < -0.4 is 10.3 Å². The molecule has 3 rings (SSSR count). The first-order valence-electron chi connectivity index (χ1n) is 6.65. The van der Waals surface area contributed by atoms with E-state index >= 15 is 0 Å². The van der Waals surface area contributed by atoms with Crippen molar-refractivity contribution in [1.82, 2.24) is 20.1 Å². The minimum absolute atomic E-state index is 0.104. The van der Waals surface area contributed by atoms with Crippen LogP contribution in [0, 0.1) is 0 Å². The van der Waals surface area contributed by atoms with Crippen LogP contribution in [0.3, 0.4) is 0 Å². The largest absolute Gasteiger partial charge is 0.471 e. The van der Waals surface area contributed by atoms with E-state index in [-0.39, 0.29) is 17.6 Å². The molecule has 1 fully saturated rings. The van der Waals surface area contributed by atoms with Crippen molar-refractivity contribution in [3.63, 3.8) is 0 Å². The summed E-state index contributed by atoms with van der Waals surface area (Å²) in [5.74, 6) is 0.291. The number of nitrogens with one attached hydrogen (secondary N) is 1. The van der Waals surface area contributed by atoms with Gasteiger partial charge < -0.3 is 14.6 Å². The average Bonchev–Trinajstić information content (AvgIpc) is 2.96. The van der Waals surface area contributed by atoms with Gasteiger partial charge in [0.25, 0.3) is 5.91 Å². The zero-order valence-corrected chi connectivity index (χ0v) is 11.2. The molecule has 3 heterocycles. The number of pyridine rings is 1. The summed E-state index contributed by atoms with van der Waals surface area (Å²) in [6, 6.07) is 6.38. The summed E-state index contributed by atoms with van der Waals surface area (Å²) in [5.41, 5.74) is 0.103. The van der Waals surface area contributed by atoms with E-state index in [0.717, 1.165) is 6.42 Å². The molecule has 1 amide bonds. The van der Waals surface area contributed by atoms with Gasteiger partial charge in [-0.1, -0.05) is 0 Å². The number of carbonyl (C=O) groups excluding carboxylic acids is 1. The van der Waals surface area contributed by atoms with E-state index in [2.05, 4.69) is 15.2 Å². The van der Waals surface area contributed by atoms with Gasteiger partial charge in [-0.25, -0.2) is 0 Å². The molecule has 1 aliphatic heterocycles. The number of aromatic nitrogens is 3. The highest BCUT2D eigenvalue weighted by Crippen LogP contribution is 2.17. The van der Waals surface area contributed by atoms with Gasteiger partial charge in [-0.05, 0) is 12.1 Å². The highest BCUT2D eigenvalue weighted by atomic mass is 16.5. The van der Waals surface area contributed by atoms with Crippen LogP contribution in [0.1, 0.15) is 16.8 Å². The minimum atomic E-state index is -0.285. The lowest BCUT2D eigenvalue weighted by molar-refractivity contribution is 0.0770. The van der Waals surface area contributed by atoms with Crippen molar-refractivity contribution in [2.45, 2.75) is 12.5 Å². The molecule has 0 aromatic carbocycles. The van der Waals surface area contributed by atoms with Gasteiger partial charge in [0.2, 0.25) is 11.4 Å². The van der Waals surface area contributed by atoms with Gasteiger partial charge in [-0.15, -0.1) is 5.10 Å². The van der Waals surface area contributed by atoms with Crippen LogP contribution in [0.4, 0.5) is 0 Å². The van der Waals surface area contributed by atoms with E-state index in [1.54, 1.807) is 29.3 Å². The molecule has 1 atom stereocenters. The highest BCUT2D eigenvalue weighted by molar-refractivity contribution is 5.94. The summed E-state index contributed by atoms with van der Waals surface area (Å²) >= 11 is 0. The van der Waals surface area contributed by atoms with Crippen molar-refractivity contribution in [1.29, 1.82) is 0 Å². The number of H-pyrrole nitrogens is 1. The Morgan fingerprint density at radius 2 is 2.33 bits per heavy atom. The summed E-state index contributed by atoms with van der Waals surface area (Å²) in [6.45, 7) is 1.07. The van der Waals surface area contributed by atoms with Crippen LogP contribution in [0.15, 0.2) is 41.5 Å². The Bertz CT molecular complexity index is 686. The van der Waals surface area contributed by atoms with Gasteiger partial charge in [0, 0.05) is 43.1 Å². The highest BCUT2D eigenvalue weighted by Gasteiger charge is 2.28. The quantitative estimate of drug-likeness (QED) is 0.885. The van der Waals surface area contributed by atoms with Crippen LogP contribution in [0.5, 0.6) is 5.88 Å². The zero-order valence-electron chi connectivity index (χ0n) is 11.2. The van der Waals surface area contributed by atoms with Gasteiger partial charge in [-0.3, -0.25) is 9.59 Å². The zero-order chi connectivity index (χ0) is 14.7. The topological polar surface area (TPSA) is 88.2 Å². The number of nitrogens with zero attached hydrogens (tertiary/aromatic N) is 3. The third kappa shape index (κ3) is 3.07. The fourth-order valence-electron chi connectivity index (χ4n) is 2.29. The summed E-state index contributed by atoms with van der Waals surface area (Å²) in [5, 5.41) is 7.61. The Morgan fingerprint density at radius 1 is 1.43 bits per heavy atom. The first-order chi connectivity index (χ1) is 10.2. The fourth-order valence-corrected chi connectivity index (χ4v) is 2.29. The summed E-state index contributed by atoms with van der Waals surface area (Å²) < 4.78 is 5.68. The predicted octanol–water partition coefficient (Wildman–Crippen LogP) is 0.458. The molecule has 1 N–H and O–H groups in total. The average molecular weight is 286 g/mol. The minimum Gasteiger partial charge on any atom is -0.471 e. The molecule has 0 spiro atoms. The molecule has 21 heavy (non-hydrogen) atoms. The molecule has 0 bridgehead atoms. The normalized spacial score (nSPS) is 17.7. The Kier molecular flexibility index (Phi) is 3.63. The van der Waals surface area contributed by atoms with Crippen molar-refractivity contribution >= 4 is 5.91 Å². The van der Waals surface area contributed by atoms with Crippen LogP contribution in [-0.2, 0) is 0 Å². The molecule has 0 aliphatic carbocycles. The lowest BCUT2D eigenvalue weighted by atomic mass is 10.2. The molecule has 2 aromatic heterocycles. The molecule has 1 unspecified atom stereocenters. The molecular weight excluding hydrogens is 272 g/mol. The van der Waals surface area contributed by atoms with Crippen molar-refractivity contribution in [3.8, 4) is 5.88 Å². The molecule has 0 saturated carbocycles.